The molecule has 1 atom stereocenters. The first kappa shape index (κ1) is 19.9. The molecule has 1 aliphatic heterocycles. The number of rotatable bonds is 4. The second-order valence-electron chi connectivity index (χ2n) is 7.96. The number of carbonyl (C=O) groups is 1. The number of likely N-dealkylation sites (tertiary alicyclic amines) is 1. The lowest BCUT2D eigenvalue weighted by Crippen LogP contribution is -2.25. The van der Waals surface area contributed by atoms with E-state index in [1.54, 1.807) is 25.6 Å². The van der Waals surface area contributed by atoms with E-state index >= 15 is 0 Å². The molecule has 1 unspecified atom stereocenters. The van der Waals surface area contributed by atoms with Gasteiger partial charge in [-0.05, 0) is 41.8 Å². The highest BCUT2D eigenvalue weighted by molar-refractivity contribution is 6.00. The Hall–Kier alpha value is -4.00. The van der Waals surface area contributed by atoms with Gasteiger partial charge in [-0.25, -0.2) is 15.0 Å². The van der Waals surface area contributed by atoms with Crippen molar-refractivity contribution in [3.8, 4) is 22.8 Å². The van der Waals surface area contributed by atoms with Crippen molar-refractivity contribution in [2.24, 2.45) is 0 Å². The monoisotopic (exact) mass is 425 g/mol. The van der Waals surface area contributed by atoms with Crippen LogP contribution in [0.4, 0.5) is 5.69 Å². The first-order valence-electron chi connectivity index (χ1n) is 10.6. The van der Waals surface area contributed by atoms with E-state index in [9.17, 15) is 4.79 Å². The molecule has 1 fully saturated rings. The predicted molar refractivity (Wildman–Crippen MR) is 123 cm³/mol. The maximum Gasteiger partial charge on any atom is 0.219 e. The topological polar surface area (TPSA) is 94.2 Å². The zero-order chi connectivity index (χ0) is 22.1. The standard InChI is InChI=1S/C25H23N5O2/c1-16(31)30-11-9-18(14-30)21-12-20(24(26)22-13-27-15-29-25(21)22)17-5-7-19(8-6-17)32-23-4-2-3-10-28-23/h2-8,10,12-13,15,18H,9,11,14,26H2,1H3. The van der Waals surface area contributed by atoms with Gasteiger partial charge in [0.2, 0.25) is 11.8 Å². The molecule has 3 heterocycles. The molecule has 32 heavy (non-hydrogen) atoms. The highest BCUT2D eigenvalue weighted by Crippen LogP contribution is 2.39. The van der Waals surface area contributed by atoms with Gasteiger partial charge in [-0.2, -0.15) is 0 Å². The lowest BCUT2D eigenvalue weighted by atomic mass is 9.90. The molecule has 1 saturated heterocycles. The van der Waals surface area contributed by atoms with Crippen molar-refractivity contribution in [2.45, 2.75) is 19.3 Å². The summed E-state index contributed by atoms with van der Waals surface area (Å²) in [6.45, 7) is 3.06. The quantitative estimate of drug-likeness (QED) is 0.487. The normalized spacial score (nSPS) is 15.8. The van der Waals surface area contributed by atoms with Gasteiger partial charge in [0.05, 0.1) is 11.2 Å². The maximum atomic E-state index is 11.9. The van der Waals surface area contributed by atoms with Crippen molar-refractivity contribution in [3.05, 3.63) is 72.8 Å². The van der Waals surface area contributed by atoms with E-state index in [1.807, 2.05) is 47.4 Å². The number of hydrogen-bond donors (Lipinski definition) is 1. The van der Waals surface area contributed by atoms with Gasteiger partial charge in [0.1, 0.15) is 12.1 Å². The molecule has 7 nitrogen and oxygen atoms in total. The average Bonchev–Trinajstić information content (AvgIpc) is 3.31. The summed E-state index contributed by atoms with van der Waals surface area (Å²) >= 11 is 0. The Morgan fingerprint density at radius 3 is 2.72 bits per heavy atom. The number of anilines is 1. The molecule has 2 aromatic heterocycles. The van der Waals surface area contributed by atoms with Gasteiger partial charge in [-0.3, -0.25) is 4.79 Å². The van der Waals surface area contributed by atoms with Crippen LogP contribution in [0.1, 0.15) is 24.8 Å². The summed E-state index contributed by atoms with van der Waals surface area (Å²) in [5.74, 6) is 1.55. The smallest absolute Gasteiger partial charge is 0.219 e. The average molecular weight is 425 g/mol. The van der Waals surface area contributed by atoms with Gasteiger partial charge < -0.3 is 15.4 Å². The van der Waals surface area contributed by atoms with E-state index in [2.05, 4.69) is 21.0 Å². The zero-order valence-electron chi connectivity index (χ0n) is 17.7. The molecule has 1 aliphatic rings. The van der Waals surface area contributed by atoms with Crippen LogP contribution in [0, 0.1) is 0 Å². The van der Waals surface area contributed by atoms with E-state index < -0.39 is 0 Å². The zero-order valence-corrected chi connectivity index (χ0v) is 17.7. The van der Waals surface area contributed by atoms with Crippen LogP contribution in [0.15, 0.2) is 67.3 Å². The Balaban J connectivity index is 1.53. The second-order valence-corrected chi connectivity index (χ2v) is 7.96. The maximum absolute atomic E-state index is 11.9. The number of nitrogen functional groups attached to an aromatic ring is 1. The third-order valence-corrected chi connectivity index (χ3v) is 5.96. The van der Waals surface area contributed by atoms with Crippen LogP contribution in [-0.4, -0.2) is 38.8 Å². The van der Waals surface area contributed by atoms with Crippen molar-refractivity contribution in [1.29, 1.82) is 0 Å². The summed E-state index contributed by atoms with van der Waals surface area (Å²) in [6, 6.07) is 15.4. The Bertz CT molecular complexity index is 1280. The molecule has 5 rings (SSSR count). The predicted octanol–water partition coefficient (Wildman–Crippen LogP) is 4.40. The Morgan fingerprint density at radius 2 is 2.00 bits per heavy atom. The first-order chi connectivity index (χ1) is 15.6. The summed E-state index contributed by atoms with van der Waals surface area (Å²) in [7, 11) is 0. The molecule has 160 valence electrons. The minimum absolute atomic E-state index is 0.102. The number of hydrogen-bond acceptors (Lipinski definition) is 6. The van der Waals surface area contributed by atoms with Gasteiger partial charge in [0, 0.05) is 55.3 Å². The van der Waals surface area contributed by atoms with E-state index in [4.69, 9.17) is 10.5 Å². The summed E-state index contributed by atoms with van der Waals surface area (Å²) in [5, 5.41) is 0.829. The van der Waals surface area contributed by atoms with Crippen LogP contribution < -0.4 is 10.5 Å². The number of fused-ring (bicyclic) bond motifs is 1. The van der Waals surface area contributed by atoms with Gasteiger partial charge in [0.15, 0.2) is 0 Å². The van der Waals surface area contributed by atoms with Gasteiger partial charge in [-0.15, -0.1) is 0 Å². The van der Waals surface area contributed by atoms with E-state index in [0.717, 1.165) is 40.6 Å². The molecular weight excluding hydrogens is 402 g/mol. The second kappa shape index (κ2) is 8.26. The highest BCUT2D eigenvalue weighted by atomic mass is 16.5. The van der Waals surface area contributed by atoms with Crippen molar-refractivity contribution >= 4 is 22.5 Å². The van der Waals surface area contributed by atoms with Crippen molar-refractivity contribution < 1.29 is 9.53 Å². The Labute approximate surface area is 185 Å². The molecular formula is C25H23N5O2. The molecule has 0 aliphatic carbocycles. The molecule has 0 bridgehead atoms. The van der Waals surface area contributed by atoms with Crippen LogP contribution in [-0.2, 0) is 4.79 Å². The van der Waals surface area contributed by atoms with Gasteiger partial charge in [0.25, 0.3) is 0 Å². The Kier molecular flexibility index (Phi) is 5.15. The van der Waals surface area contributed by atoms with Crippen LogP contribution in [0.5, 0.6) is 11.6 Å². The molecule has 1 amide bonds. The Morgan fingerprint density at radius 1 is 1.16 bits per heavy atom. The number of nitrogens with zero attached hydrogens (tertiary/aromatic N) is 4. The number of amides is 1. The number of pyridine rings is 1. The molecule has 0 radical (unpaired) electrons. The molecule has 2 aromatic carbocycles. The largest absolute Gasteiger partial charge is 0.439 e. The lowest BCUT2D eigenvalue weighted by Gasteiger charge is -2.18. The van der Waals surface area contributed by atoms with E-state index in [0.29, 0.717) is 23.9 Å². The van der Waals surface area contributed by atoms with Crippen molar-refractivity contribution in [1.82, 2.24) is 19.9 Å². The fourth-order valence-electron chi connectivity index (χ4n) is 4.28. The SMILES string of the molecule is CC(=O)N1CCC(c2cc(-c3ccc(Oc4ccccn4)cc3)c(N)c3cncnc23)C1. The van der Waals surface area contributed by atoms with Crippen molar-refractivity contribution in [2.75, 3.05) is 18.8 Å². The molecule has 0 spiro atoms. The fraction of sp³-hybridized carbons (Fsp3) is 0.200. The van der Waals surface area contributed by atoms with Crippen LogP contribution in [0.25, 0.3) is 22.0 Å². The lowest BCUT2D eigenvalue weighted by molar-refractivity contribution is -0.127. The molecule has 4 aromatic rings. The third-order valence-electron chi connectivity index (χ3n) is 5.96. The summed E-state index contributed by atoms with van der Waals surface area (Å²) in [6.07, 6.45) is 5.91. The number of aromatic nitrogens is 3. The van der Waals surface area contributed by atoms with Crippen LogP contribution in [0.3, 0.4) is 0 Å². The van der Waals surface area contributed by atoms with Gasteiger partial charge in [-0.1, -0.05) is 18.2 Å². The van der Waals surface area contributed by atoms with E-state index in [1.165, 1.54) is 0 Å². The van der Waals surface area contributed by atoms with Crippen molar-refractivity contribution in [3.63, 3.8) is 0 Å². The molecule has 7 heteroatoms. The van der Waals surface area contributed by atoms with Gasteiger partial charge >= 0.3 is 0 Å². The first-order valence-corrected chi connectivity index (χ1v) is 10.6. The number of benzene rings is 2. The minimum Gasteiger partial charge on any atom is -0.439 e. The molecule has 2 N–H and O–H groups in total. The van der Waals surface area contributed by atoms with Crippen LogP contribution >= 0.6 is 0 Å². The molecule has 0 saturated carbocycles. The summed E-state index contributed by atoms with van der Waals surface area (Å²) in [4.78, 5) is 26.7. The van der Waals surface area contributed by atoms with E-state index in [-0.39, 0.29) is 11.8 Å². The highest BCUT2D eigenvalue weighted by Gasteiger charge is 2.28. The number of carbonyl (C=O) groups excluding carboxylic acids is 1. The minimum atomic E-state index is 0.102. The fourth-order valence-corrected chi connectivity index (χ4v) is 4.28. The summed E-state index contributed by atoms with van der Waals surface area (Å²) in [5.41, 5.74) is 11.1. The third kappa shape index (κ3) is 3.73. The number of ether oxygens (including phenoxy) is 1. The number of nitrogens with two attached hydrogens (primary N) is 1. The van der Waals surface area contributed by atoms with Crippen LogP contribution in [0.2, 0.25) is 0 Å². The summed E-state index contributed by atoms with van der Waals surface area (Å²) < 4.78 is 5.81.